The highest BCUT2D eigenvalue weighted by Gasteiger charge is 2.23. The number of carbonyl (C=O) groups is 2. The number of benzene rings is 2. The number of primary amides is 1. The minimum atomic E-state index is -0.392. The maximum Gasteiger partial charge on any atom is 0.248 e. The number of amides is 2. The van der Waals surface area contributed by atoms with E-state index in [0.717, 1.165) is 68.8 Å². The van der Waals surface area contributed by atoms with Gasteiger partial charge in [-0.15, -0.1) is 0 Å². The summed E-state index contributed by atoms with van der Waals surface area (Å²) >= 11 is 0. The second-order valence-corrected chi connectivity index (χ2v) is 8.54. The topological polar surface area (TPSA) is 78.7 Å². The summed E-state index contributed by atoms with van der Waals surface area (Å²) in [5.41, 5.74) is 9.12. The summed E-state index contributed by atoms with van der Waals surface area (Å²) in [7, 11) is 0. The maximum atomic E-state index is 12.3. The van der Waals surface area contributed by atoms with Crippen molar-refractivity contribution < 1.29 is 9.59 Å². The molecule has 6 heteroatoms. The molecule has 2 saturated heterocycles. The third-order valence-corrected chi connectivity index (χ3v) is 6.38. The Morgan fingerprint density at radius 2 is 1.77 bits per heavy atom. The summed E-state index contributed by atoms with van der Waals surface area (Å²) in [6.07, 6.45) is 7.30. The fourth-order valence-corrected chi connectivity index (χ4v) is 4.64. The van der Waals surface area contributed by atoms with Crippen LogP contribution < -0.4 is 20.9 Å². The highest BCUT2D eigenvalue weighted by molar-refractivity contribution is 5.94. The highest BCUT2D eigenvalue weighted by Crippen LogP contribution is 2.27. The average molecular weight is 421 g/mol. The van der Waals surface area contributed by atoms with Gasteiger partial charge in [0, 0.05) is 54.7 Å². The molecule has 2 amide bonds. The van der Waals surface area contributed by atoms with Crippen molar-refractivity contribution in [1.29, 1.82) is 0 Å². The fourth-order valence-electron chi connectivity index (χ4n) is 4.64. The molecule has 3 N–H and O–H groups in total. The van der Waals surface area contributed by atoms with Gasteiger partial charge in [-0.05, 0) is 74.6 Å². The third kappa shape index (κ3) is 5.19. The van der Waals surface area contributed by atoms with E-state index >= 15 is 0 Å². The number of rotatable bonds is 6. The molecule has 0 aliphatic carbocycles. The van der Waals surface area contributed by atoms with Crippen molar-refractivity contribution in [2.45, 2.75) is 51.0 Å². The van der Waals surface area contributed by atoms with Gasteiger partial charge in [0.05, 0.1) is 0 Å². The molecule has 2 aliphatic heterocycles. The maximum absolute atomic E-state index is 12.3. The zero-order chi connectivity index (χ0) is 21.6. The Labute approximate surface area is 184 Å². The first-order valence-corrected chi connectivity index (χ1v) is 11.4. The molecule has 0 bridgehead atoms. The number of hydrogen-bond donors (Lipinski definition) is 2. The first-order chi connectivity index (χ1) is 15.1. The standard InChI is InChI=1S/C25H32N4O2/c26-25(31)19-7-6-9-22(17-19)28-15-5-3-8-23(28)18-27-20-11-13-21(14-12-20)29-16-4-1-2-10-24(29)30/h6-7,9,11-14,17,23,27H,1-5,8,10,15-16,18H2,(H2,26,31). The van der Waals surface area contributed by atoms with E-state index in [1.807, 2.05) is 29.2 Å². The number of nitrogens with zero attached hydrogens (tertiary/aromatic N) is 2. The molecule has 2 fully saturated rings. The van der Waals surface area contributed by atoms with E-state index in [9.17, 15) is 9.59 Å². The molecular weight excluding hydrogens is 388 g/mol. The van der Waals surface area contributed by atoms with Gasteiger partial charge in [-0.25, -0.2) is 0 Å². The minimum Gasteiger partial charge on any atom is -0.383 e. The summed E-state index contributed by atoms with van der Waals surface area (Å²) in [6, 6.07) is 16.2. The van der Waals surface area contributed by atoms with Gasteiger partial charge >= 0.3 is 0 Å². The Hall–Kier alpha value is -3.02. The summed E-state index contributed by atoms with van der Waals surface area (Å²) in [5, 5.41) is 3.57. The fraction of sp³-hybridized carbons (Fsp3) is 0.440. The first-order valence-electron chi connectivity index (χ1n) is 11.4. The van der Waals surface area contributed by atoms with E-state index in [-0.39, 0.29) is 5.91 Å². The van der Waals surface area contributed by atoms with Gasteiger partial charge in [0.1, 0.15) is 0 Å². The lowest BCUT2D eigenvalue weighted by Crippen LogP contribution is -2.43. The molecule has 2 aliphatic rings. The molecule has 0 spiro atoms. The van der Waals surface area contributed by atoms with Gasteiger partial charge in [-0.1, -0.05) is 12.5 Å². The van der Waals surface area contributed by atoms with Gasteiger partial charge in [0.25, 0.3) is 0 Å². The SMILES string of the molecule is NC(=O)c1cccc(N2CCCCC2CNc2ccc(N3CCCCCC3=O)cc2)c1. The Morgan fingerprint density at radius 1 is 0.968 bits per heavy atom. The Kier molecular flexibility index (Phi) is 6.75. The number of anilines is 3. The lowest BCUT2D eigenvalue weighted by atomic mass is 10.0. The van der Waals surface area contributed by atoms with Crippen LogP contribution >= 0.6 is 0 Å². The molecule has 4 rings (SSSR count). The molecule has 0 radical (unpaired) electrons. The van der Waals surface area contributed by atoms with Crippen LogP contribution in [0.25, 0.3) is 0 Å². The number of nitrogens with one attached hydrogen (secondary N) is 1. The van der Waals surface area contributed by atoms with Crippen LogP contribution in [-0.4, -0.2) is 37.5 Å². The first kappa shape index (κ1) is 21.2. The van der Waals surface area contributed by atoms with Crippen molar-refractivity contribution in [3.63, 3.8) is 0 Å². The van der Waals surface area contributed by atoms with E-state index < -0.39 is 5.91 Å². The Balaban J connectivity index is 1.41. The number of piperidine rings is 1. The zero-order valence-electron chi connectivity index (χ0n) is 18.1. The van der Waals surface area contributed by atoms with Crippen molar-refractivity contribution in [2.24, 2.45) is 5.73 Å². The molecular formula is C25H32N4O2. The minimum absolute atomic E-state index is 0.231. The van der Waals surface area contributed by atoms with Crippen LogP contribution in [-0.2, 0) is 4.79 Å². The van der Waals surface area contributed by atoms with Crippen molar-refractivity contribution in [2.75, 3.05) is 34.8 Å². The van der Waals surface area contributed by atoms with Crippen molar-refractivity contribution in [3.8, 4) is 0 Å². The van der Waals surface area contributed by atoms with Crippen LogP contribution in [0.5, 0.6) is 0 Å². The smallest absolute Gasteiger partial charge is 0.248 e. The van der Waals surface area contributed by atoms with E-state index in [0.29, 0.717) is 18.0 Å². The summed E-state index contributed by atoms with van der Waals surface area (Å²) in [6.45, 7) is 2.61. The summed E-state index contributed by atoms with van der Waals surface area (Å²) < 4.78 is 0. The van der Waals surface area contributed by atoms with Crippen LogP contribution in [0, 0.1) is 0 Å². The number of carbonyl (C=O) groups excluding carboxylic acids is 2. The second-order valence-electron chi connectivity index (χ2n) is 8.54. The Bertz CT molecular complexity index is 912. The summed E-state index contributed by atoms with van der Waals surface area (Å²) in [5.74, 6) is -0.161. The lowest BCUT2D eigenvalue weighted by molar-refractivity contribution is -0.118. The predicted octanol–water partition coefficient (Wildman–Crippen LogP) is 4.16. The molecule has 6 nitrogen and oxygen atoms in total. The van der Waals surface area contributed by atoms with Gasteiger partial charge in [-0.3, -0.25) is 9.59 Å². The molecule has 0 aromatic heterocycles. The molecule has 2 aromatic carbocycles. The van der Waals surface area contributed by atoms with Crippen molar-refractivity contribution in [3.05, 3.63) is 54.1 Å². The monoisotopic (exact) mass is 420 g/mol. The third-order valence-electron chi connectivity index (χ3n) is 6.38. The van der Waals surface area contributed by atoms with Gasteiger partial charge in [0.2, 0.25) is 11.8 Å². The molecule has 1 unspecified atom stereocenters. The Morgan fingerprint density at radius 3 is 2.58 bits per heavy atom. The molecule has 2 heterocycles. The van der Waals surface area contributed by atoms with Crippen LogP contribution in [0.4, 0.5) is 17.1 Å². The van der Waals surface area contributed by atoms with Crippen LogP contribution in [0.1, 0.15) is 55.3 Å². The van der Waals surface area contributed by atoms with Crippen molar-refractivity contribution in [1.82, 2.24) is 0 Å². The molecule has 164 valence electrons. The van der Waals surface area contributed by atoms with Crippen molar-refractivity contribution >= 4 is 28.9 Å². The predicted molar refractivity (Wildman–Crippen MR) is 126 cm³/mol. The normalized spacial score (nSPS) is 19.7. The number of hydrogen-bond acceptors (Lipinski definition) is 4. The molecule has 31 heavy (non-hydrogen) atoms. The largest absolute Gasteiger partial charge is 0.383 e. The lowest BCUT2D eigenvalue weighted by Gasteiger charge is -2.38. The van der Waals surface area contributed by atoms with Gasteiger partial charge in [-0.2, -0.15) is 0 Å². The van der Waals surface area contributed by atoms with E-state index in [4.69, 9.17) is 5.73 Å². The van der Waals surface area contributed by atoms with Gasteiger partial charge in [0.15, 0.2) is 0 Å². The van der Waals surface area contributed by atoms with Crippen LogP contribution in [0.3, 0.4) is 0 Å². The molecule has 0 saturated carbocycles. The van der Waals surface area contributed by atoms with Gasteiger partial charge < -0.3 is 20.9 Å². The zero-order valence-corrected chi connectivity index (χ0v) is 18.1. The average Bonchev–Trinajstić information content (AvgIpc) is 3.02. The second kappa shape index (κ2) is 9.86. The quantitative estimate of drug-likeness (QED) is 0.735. The van der Waals surface area contributed by atoms with Crippen LogP contribution in [0.15, 0.2) is 48.5 Å². The summed E-state index contributed by atoms with van der Waals surface area (Å²) in [4.78, 5) is 28.2. The molecule has 1 atom stereocenters. The highest BCUT2D eigenvalue weighted by atomic mass is 16.2. The number of nitrogens with two attached hydrogens (primary N) is 1. The van der Waals surface area contributed by atoms with E-state index in [2.05, 4.69) is 28.4 Å². The molecule has 2 aromatic rings. The van der Waals surface area contributed by atoms with Crippen LogP contribution in [0.2, 0.25) is 0 Å². The van der Waals surface area contributed by atoms with E-state index in [1.54, 1.807) is 6.07 Å². The van der Waals surface area contributed by atoms with E-state index in [1.165, 1.54) is 6.42 Å².